The zero-order valence-electron chi connectivity index (χ0n) is 12.2. The third-order valence-corrected chi connectivity index (χ3v) is 3.73. The van der Waals surface area contributed by atoms with Gasteiger partial charge in [0, 0.05) is 36.3 Å². The predicted octanol–water partition coefficient (Wildman–Crippen LogP) is 2.15. The lowest BCUT2D eigenvalue weighted by Crippen LogP contribution is -2.40. The summed E-state index contributed by atoms with van der Waals surface area (Å²) in [6.45, 7) is 3.14. The Morgan fingerprint density at radius 2 is 2.24 bits per heavy atom. The van der Waals surface area contributed by atoms with Crippen LogP contribution < -0.4 is 5.32 Å². The minimum atomic E-state index is -0.443. The molecule has 1 aromatic rings. The fourth-order valence-corrected chi connectivity index (χ4v) is 2.66. The highest BCUT2D eigenvalue weighted by Gasteiger charge is 2.29. The van der Waals surface area contributed by atoms with Gasteiger partial charge in [0.25, 0.3) is 11.6 Å². The molecule has 2 rings (SSSR count). The highest BCUT2D eigenvalue weighted by atomic mass is 35.5. The van der Waals surface area contributed by atoms with E-state index in [0.29, 0.717) is 17.7 Å². The highest BCUT2D eigenvalue weighted by molar-refractivity contribution is 5.95. The van der Waals surface area contributed by atoms with Crippen molar-refractivity contribution in [2.45, 2.75) is 25.8 Å². The molecule has 0 spiro atoms. The highest BCUT2D eigenvalue weighted by Crippen LogP contribution is 2.23. The number of nitrogens with one attached hydrogen (secondary N) is 1. The van der Waals surface area contributed by atoms with Gasteiger partial charge in [-0.15, -0.1) is 12.4 Å². The summed E-state index contributed by atoms with van der Waals surface area (Å²) < 4.78 is 0. The summed E-state index contributed by atoms with van der Waals surface area (Å²) in [5, 5.41) is 14.0. The molecular formula is C14H20ClN3O3. The van der Waals surface area contributed by atoms with E-state index in [2.05, 4.69) is 5.32 Å². The lowest BCUT2D eigenvalue weighted by molar-refractivity contribution is -0.385. The van der Waals surface area contributed by atoms with E-state index in [1.165, 1.54) is 6.07 Å². The van der Waals surface area contributed by atoms with Crippen LogP contribution in [0.4, 0.5) is 5.69 Å². The largest absolute Gasteiger partial charge is 0.334 e. The summed E-state index contributed by atoms with van der Waals surface area (Å²) in [6, 6.07) is 4.85. The Bertz CT molecular complexity index is 536. The molecule has 0 radical (unpaired) electrons. The van der Waals surface area contributed by atoms with Crippen LogP contribution in [0.25, 0.3) is 0 Å². The maximum absolute atomic E-state index is 12.5. The molecule has 0 saturated carbocycles. The number of benzene rings is 1. The molecule has 6 nitrogen and oxygen atoms in total. The molecule has 1 amide bonds. The maximum atomic E-state index is 12.5. The maximum Gasteiger partial charge on any atom is 0.273 e. The van der Waals surface area contributed by atoms with E-state index in [1.54, 1.807) is 19.1 Å². The molecular weight excluding hydrogens is 294 g/mol. The Morgan fingerprint density at radius 3 is 2.86 bits per heavy atom. The first kappa shape index (κ1) is 17.4. The quantitative estimate of drug-likeness (QED) is 0.682. The van der Waals surface area contributed by atoms with Gasteiger partial charge < -0.3 is 10.2 Å². The van der Waals surface area contributed by atoms with Crippen LogP contribution in [0.2, 0.25) is 0 Å². The van der Waals surface area contributed by atoms with E-state index >= 15 is 0 Å². The number of rotatable bonds is 4. The molecule has 116 valence electrons. The van der Waals surface area contributed by atoms with Crippen molar-refractivity contribution < 1.29 is 9.72 Å². The summed E-state index contributed by atoms with van der Waals surface area (Å²) >= 11 is 0. The van der Waals surface area contributed by atoms with Gasteiger partial charge in [0.1, 0.15) is 0 Å². The number of carbonyl (C=O) groups excluding carboxylic acids is 1. The van der Waals surface area contributed by atoms with Crippen LogP contribution in [0.15, 0.2) is 18.2 Å². The number of likely N-dealkylation sites (N-methyl/N-ethyl adjacent to an activating group) is 1. The molecule has 7 heteroatoms. The SMILES string of the molecule is CNCC1CCCN1C(=O)c1ccc(C)c([N+](=O)[O-])c1.Cl. The van der Waals surface area contributed by atoms with Crippen LogP contribution in [0, 0.1) is 17.0 Å². The van der Waals surface area contributed by atoms with E-state index in [4.69, 9.17) is 0 Å². The van der Waals surface area contributed by atoms with Gasteiger partial charge in [0.05, 0.1) is 4.92 Å². The predicted molar refractivity (Wildman–Crippen MR) is 83.1 cm³/mol. The molecule has 1 unspecified atom stereocenters. The van der Waals surface area contributed by atoms with Gasteiger partial charge >= 0.3 is 0 Å². The Kier molecular flexibility index (Phi) is 6.11. The fourth-order valence-electron chi connectivity index (χ4n) is 2.66. The first-order valence-electron chi connectivity index (χ1n) is 6.75. The number of nitro benzene ring substituents is 1. The molecule has 0 bridgehead atoms. The van der Waals surface area contributed by atoms with Crippen molar-refractivity contribution in [3.05, 3.63) is 39.4 Å². The van der Waals surface area contributed by atoms with Crippen molar-refractivity contribution in [1.29, 1.82) is 0 Å². The summed E-state index contributed by atoms with van der Waals surface area (Å²) in [5.41, 5.74) is 0.963. The van der Waals surface area contributed by atoms with Crippen LogP contribution in [0.1, 0.15) is 28.8 Å². The number of nitrogens with zero attached hydrogens (tertiary/aromatic N) is 2. The number of hydrogen-bond donors (Lipinski definition) is 1. The smallest absolute Gasteiger partial charge is 0.273 e. The zero-order valence-corrected chi connectivity index (χ0v) is 13.0. The summed E-state index contributed by atoms with van der Waals surface area (Å²) in [4.78, 5) is 24.8. The molecule has 1 aromatic carbocycles. The minimum Gasteiger partial charge on any atom is -0.334 e. The van der Waals surface area contributed by atoms with E-state index in [-0.39, 0.29) is 30.0 Å². The van der Waals surface area contributed by atoms with Gasteiger partial charge in [0.2, 0.25) is 0 Å². The van der Waals surface area contributed by atoms with E-state index in [9.17, 15) is 14.9 Å². The van der Waals surface area contributed by atoms with E-state index in [0.717, 1.165) is 19.4 Å². The van der Waals surface area contributed by atoms with Gasteiger partial charge in [-0.1, -0.05) is 6.07 Å². The third-order valence-electron chi connectivity index (χ3n) is 3.73. The van der Waals surface area contributed by atoms with E-state index < -0.39 is 4.92 Å². The number of nitro groups is 1. The number of carbonyl (C=O) groups is 1. The second kappa shape index (κ2) is 7.38. The molecule has 1 fully saturated rings. The van der Waals surface area contributed by atoms with Gasteiger partial charge in [0.15, 0.2) is 0 Å². The summed E-state index contributed by atoms with van der Waals surface area (Å²) in [5.74, 6) is -0.120. The first-order chi connectivity index (χ1) is 9.54. The van der Waals surface area contributed by atoms with Gasteiger partial charge in [-0.2, -0.15) is 0 Å². The van der Waals surface area contributed by atoms with Crippen LogP contribution >= 0.6 is 12.4 Å². The van der Waals surface area contributed by atoms with E-state index in [1.807, 2.05) is 11.9 Å². The van der Waals surface area contributed by atoms with Crippen LogP contribution in [-0.4, -0.2) is 41.9 Å². The average Bonchev–Trinajstić information content (AvgIpc) is 2.87. The van der Waals surface area contributed by atoms with Crippen molar-refractivity contribution >= 4 is 24.0 Å². The second-order valence-corrected chi connectivity index (χ2v) is 5.11. The normalized spacial score (nSPS) is 17.4. The van der Waals surface area contributed by atoms with Crippen molar-refractivity contribution in [1.82, 2.24) is 10.2 Å². The molecule has 1 aliphatic rings. The zero-order chi connectivity index (χ0) is 14.7. The molecule has 1 aliphatic heterocycles. The fraction of sp³-hybridized carbons (Fsp3) is 0.500. The summed E-state index contributed by atoms with van der Waals surface area (Å²) in [6.07, 6.45) is 1.95. The Labute approximate surface area is 130 Å². The molecule has 0 aliphatic carbocycles. The first-order valence-corrected chi connectivity index (χ1v) is 6.75. The van der Waals surface area contributed by atoms with Crippen molar-refractivity contribution in [3.63, 3.8) is 0 Å². The molecule has 1 heterocycles. The lowest BCUT2D eigenvalue weighted by Gasteiger charge is -2.24. The minimum absolute atomic E-state index is 0. The Balaban J connectivity index is 0.00000220. The molecule has 21 heavy (non-hydrogen) atoms. The standard InChI is InChI=1S/C14H19N3O3.ClH/c1-10-5-6-11(8-13(10)17(19)20)14(18)16-7-3-4-12(16)9-15-2;/h5-6,8,12,15H,3-4,7,9H2,1-2H3;1H. The number of amides is 1. The lowest BCUT2D eigenvalue weighted by atomic mass is 10.1. The van der Waals surface area contributed by atoms with Gasteiger partial charge in [-0.05, 0) is 32.9 Å². The Morgan fingerprint density at radius 1 is 1.52 bits per heavy atom. The molecule has 1 atom stereocenters. The van der Waals surface area contributed by atoms with Gasteiger partial charge in [-0.3, -0.25) is 14.9 Å². The average molecular weight is 314 g/mol. The number of likely N-dealkylation sites (tertiary alicyclic amines) is 1. The van der Waals surface area contributed by atoms with Crippen LogP contribution in [0.5, 0.6) is 0 Å². The van der Waals surface area contributed by atoms with Crippen LogP contribution in [-0.2, 0) is 0 Å². The van der Waals surface area contributed by atoms with Gasteiger partial charge in [-0.25, -0.2) is 0 Å². The monoisotopic (exact) mass is 313 g/mol. The number of hydrogen-bond acceptors (Lipinski definition) is 4. The number of halogens is 1. The molecule has 1 saturated heterocycles. The van der Waals surface area contributed by atoms with Crippen molar-refractivity contribution in [2.24, 2.45) is 0 Å². The summed E-state index contributed by atoms with van der Waals surface area (Å²) in [7, 11) is 1.86. The topological polar surface area (TPSA) is 75.5 Å². The van der Waals surface area contributed by atoms with Crippen molar-refractivity contribution in [2.75, 3.05) is 20.1 Å². The third kappa shape index (κ3) is 3.71. The molecule has 1 N–H and O–H groups in total. The molecule has 0 aromatic heterocycles. The van der Waals surface area contributed by atoms with Crippen LogP contribution in [0.3, 0.4) is 0 Å². The second-order valence-electron chi connectivity index (χ2n) is 5.11. The van der Waals surface area contributed by atoms with Crippen molar-refractivity contribution in [3.8, 4) is 0 Å². The number of aryl methyl sites for hydroxylation is 1. The Hall–Kier alpha value is -1.66.